The van der Waals surface area contributed by atoms with Crippen LogP contribution in [0.5, 0.6) is 5.88 Å². The smallest absolute Gasteiger partial charge is 0.252 e. The molecule has 146 valence electrons. The van der Waals surface area contributed by atoms with Gasteiger partial charge < -0.3 is 10.1 Å². The van der Waals surface area contributed by atoms with Crippen LogP contribution in [-0.4, -0.2) is 32.3 Å². The number of ether oxygens (including phenoxy) is 1. The highest BCUT2D eigenvalue weighted by atomic mass is 16.5. The summed E-state index contributed by atoms with van der Waals surface area (Å²) < 4.78 is 7.43. The summed E-state index contributed by atoms with van der Waals surface area (Å²) in [5, 5.41) is 8.25. The third-order valence-electron chi connectivity index (χ3n) is 4.89. The van der Waals surface area contributed by atoms with E-state index in [9.17, 15) is 4.79 Å². The van der Waals surface area contributed by atoms with E-state index in [4.69, 9.17) is 9.72 Å². The molecule has 1 aliphatic carbocycles. The van der Waals surface area contributed by atoms with E-state index < -0.39 is 0 Å². The first-order chi connectivity index (χ1) is 13.6. The fourth-order valence-corrected chi connectivity index (χ4v) is 3.29. The second-order valence-electron chi connectivity index (χ2n) is 7.37. The predicted octanol–water partition coefficient (Wildman–Crippen LogP) is 3.61. The number of aromatic nitrogens is 4. The zero-order valence-electron chi connectivity index (χ0n) is 16.5. The van der Waals surface area contributed by atoms with Gasteiger partial charge in [0.05, 0.1) is 23.8 Å². The van der Waals surface area contributed by atoms with Gasteiger partial charge in [0.25, 0.3) is 5.91 Å². The van der Waals surface area contributed by atoms with Crippen molar-refractivity contribution in [1.82, 2.24) is 25.1 Å². The van der Waals surface area contributed by atoms with Crippen LogP contribution in [0.15, 0.2) is 30.6 Å². The molecule has 3 heterocycles. The summed E-state index contributed by atoms with van der Waals surface area (Å²) in [7, 11) is 0. The number of hydrogen-bond acceptors (Lipinski definition) is 5. The van der Waals surface area contributed by atoms with Crippen LogP contribution in [0, 0.1) is 0 Å². The van der Waals surface area contributed by atoms with Crippen LogP contribution in [0.4, 0.5) is 0 Å². The molecule has 0 aromatic carbocycles. The van der Waals surface area contributed by atoms with Gasteiger partial charge in [-0.15, -0.1) is 0 Å². The fraction of sp³-hybridized carbons (Fsp3) is 0.429. The highest BCUT2D eigenvalue weighted by molar-refractivity contribution is 6.05. The van der Waals surface area contributed by atoms with Crippen molar-refractivity contribution in [2.75, 3.05) is 6.61 Å². The van der Waals surface area contributed by atoms with Gasteiger partial charge in [0.1, 0.15) is 0 Å². The summed E-state index contributed by atoms with van der Waals surface area (Å²) >= 11 is 0. The molecule has 3 aromatic heterocycles. The average molecular weight is 379 g/mol. The zero-order valence-corrected chi connectivity index (χ0v) is 16.5. The van der Waals surface area contributed by atoms with Crippen molar-refractivity contribution in [1.29, 1.82) is 0 Å². The van der Waals surface area contributed by atoms with E-state index >= 15 is 0 Å². The average Bonchev–Trinajstić information content (AvgIpc) is 3.45. The van der Waals surface area contributed by atoms with Crippen molar-refractivity contribution in [3.63, 3.8) is 0 Å². The SMILES string of the molecule is CCOc1ncccc1CNC(=O)c1cc(C2CC2)nc2c1cnn2C(C)C. The van der Waals surface area contributed by atoms with Crippen molar-refractivity contribution < 1.29 is 9.53 Å². The van der Waals surface area contributed by atoms with Crippen LogP contribution in [0.3, 0.4) is 0 Å². The lowest BCUT2D eigenvalue weighted by Gasteiger charge is -2.12. The van der Waals surface area contributed by atoms with Crippen molar-refractivity contribution in [3.8, 4) is 5.88 Å². The Balaban J connectivity index is 1.64. The van der Waals surface area contributed by atoms with Gasteiger partial charge in [-0.25, -0.2) is 14.6 Å². The fourth-order valence-electron chi connectivity index (χ4n) is 3.29. The molecule has 1 N–H and O–H groups in total. The second-order valence-corrected chi connectivity index (χ2v) is 7.37. The van der Waals surface area contributed by atoms with Gasteiger partial charge in [-0.3, -0.25) is 4.79 Å². The number of amides is 1. The largest absolute Gasteiger partial charge is 0.478 e. The van der Waals surface area contributed by atoms with Crippen molar-refractivity contribution in [2.24, 2.45) is 0 Å². The van der Waals surface area contributed by atoms with Gasteiger partial charge in [-0.2, -0.15) is 5.10 Å². The molecule has 7 heteroatoms. The Morgan fingerprint density at radius 1 is 1.39 bits per heavy atom. The Labute approximate surface area is 164 Å². The number of hydrogen-bond donors (Lipinski definition) is 1. The Bertz CT molecular complexity index is 1010. The summed E-state index contributed by atoms with van der Waals surface area (Å²) in [6, 6.07) is 5.85. The molecule has 28 heavy (non-hydrogen) atoms. The third kappa shape index (κ3) is 3.56. The van der Waals surface area contributed by atoms with Crippen LogP contribution >= 0.6 is 0 Å². The first-order valence-corrected chi connectivity index (χ1v) is 9.81. The second kappa shape index (κ2) is 7.58. The quantitative estimate of drug-likeness (QED) is 0.678. The van der Waals surface area contributed by atoms with E-state index in [1.807, 2.05) is 29.8 Å². The maximum absolute atomic E-state index is 13.0. The molecular formula is C21H25N5O2. The Kier molecular flexibility index (Phi) is 4.98. The van der Waals surface area contributed by atoms with Gasteiger partial charge in [-0.05, 0) is 45.7 Å². The standard InChI is InChI=1S/C21H25N5O2/c1-4-28-21-15(6-5-9-22-21)11-23-20(27)16-10-18(14-7-8-14)25-19-17(16)12-24-26(19)13(2)3/h5-6,9-10,12-14H,4,7-8,11H2,1-3H3,(H,23,27). The molecule has 0 saturated heterocycles. The van der Waals surface area contributed by atoms with Gasteiger partial charge in [-0.1, -0.05) is 6.07 Å². The molecule has 1 saturated carbocycles. The molecular weight excluding hydrogens is 354 g/mol. The Hall–Kier alpha value is -2.96. The Morgan fingerprint density at radius 3 is 2.93 bits per heavy atom. The lowest BCUT2D eigenvalue weighted by molar-refractivity contribution is 0.0952. The van der Waals surface area contributed by atoms with E-state index in [1.165, 1.54) is 0 Å². The number of carbonyl (C=O) groups excluding carboxylic acids is 1. The van der Waals surface area contributed by atoms with E-state index in [1.54, 1.807) is 12.4 Å². The number of pyridine rings is 2. The molecule has 0 radical (unpaired) electrons. The maximum Gasteiger partial charge on any atom is 0.252 e. The van der Waals surface area contributed by atoms with E-state index in [2.05, 4.69) is 29.2 Å². The summed E-state index contributed by atoms with van der Waals surface area (Å²) in [5.41, 5.74) is 3.24. The van der Waals surface area contributed by atoms with Crippen LogP contribution in [0.2, 0.25) is 0 Å². The molecule has 7 nitrogen and oxygen atoms in total. The van der Waals surface area contributed by atoms with Gasteiger partial charge in [0.15, 0.2) is 5.65 Å². The monoisotopic (exact) mass is 379 g/mol. The lowest BCUT2D eigenvalue weighted by atomic mass is 10.1. The maximum atomic E-state index is 13.0. The van der Waals surface area contributed by atoms with E-state index in [0.717, 1.165) is 35.1 Å². The topological polar surface area (TPSA) is 81.9 Å². The highest BCUT2D eigenvalue weighted by Gasteiger charge is 2.28. The molecule has 4 rings (SSSR count). The van der Waals surface area contributed by atoms with Crippen molar-refractivity contribution in [2.45, 2.75) is 52.1 Å². The summed E-state index contributed by atoms with van der Waals surface area (Å²) in [6.07, 6.45) is 5.68. The van der Waals surface area contributed by atoms with Crippen molar-refractivity contribution in [3.05, 3.63) is 47.4 Å². The number of nitrogens with zero attached hydrogens (tertiary/aromatic N) is 4. The molecule has 1 aliphatic rings. The molecule has 0 spiro atoms. The zero-order chi connectivity index (χ0) is 19.7. The van der Waals surface area contributed by atoms with Crippen LogP contribution in [-0.2, 0) is 6.54 Å². The predicted molar refractivity (Wildman–Crippen MR) is 106 cm³/mol. The molecule has 0 bridgehead atoms. The minimum Gasteiger partial charge on any atom is -0.478 e. The molecule has 3 aromatic rings. The minimum absolute atomic E-state index is 0.135. The Morgan fingerprint density at radius 2 is 2.21 bits per heavy atom. The van der Waals surface area contributed by atoms with Crippen LogP contribution in [0.25, 0.3) is 11.0 Å². The van der Waals surface area contributed by atoms with Gasteiger partial charge >= 0.3 is 0 Å². The molecule has 0 atom stereocenters. The number of carbonyl (C=O) groups is 1. The van der Waals surface area contributed by atoms with Gasteiger partial charge in [0.2, 0.25) is 5.88 Å². The van der Waals surface area contributed by atoms with E-state index in [0.29, 0.717) is 30.5 Å². The number of fused-ring (bicyclic) bond motifs is 1. The molecule has 0 unspecified atom stereocenters. The molecule has 1 fully saturated rings. The lowest BCUT2D eigenvalue weighted by Crippen LogP contribution is -2.24. The minimum atomic E-state index is -0.135. The van der Waals surface area contributed by atoms with Crippen LogP contribution in [0.1, 0.15) is 67.2 Å². The van der Waals surface area contributed by atoms with E-state index in [-0.39, 0.29) is 11.9 Å². The third-order valence-corrected chi connectivity index (χ3v) is 4.89. The summed E-state index contributed by atoms with van der Waals surface area (Å²) in [5.74, 6) is 0.870. The van der Waals surface area contributed by atoms with Crippen LogP contribution < -0.4 is 10.1 Å². The summed E-state index contributed by atoms with van der Waals surface area (Å²) in [6.45, 7) is 6.92. The normalized spacial score (nSPS) is 13.9. The number of nitrogens with one attached hydrogen (secondary N) is 1. The summed E-state index contributed by atoms with van der Waals surface area (Å²) in [4.78, 5) is 22.1. The molecule has 0 aliphatic heterocycles. The van der Waals surface area contributed by atoms with Crippen molar-refractivity contribution >= 4 is 16.9 Å². The van der Waals surface area contributed by atoms with Gasteiger partial charge in [0, 0.05) is 36.0 Å². The molecule has 1 amide bonds. The number of rotatable bonds is 7. The first kappa shape index (κ1) is 18.4. The highest BCUT2D eigenvalue weighted by Crippen LogP contribution is 2.40. The first-order valence-electron chi connectivity index (χ1n) is 9.81.